The van der Waals surface area contributed by atoms with Gasteiger partial charge in [-0.1, -0.05) is 32.6 Å². The van der Waals surface area contributed by atoms with E-state index in [4.69, 9.17) is 10.5 Å². The van der Waals surface area contributed by atoms with Crippen LogP contribution in [0.15, 0.2) is 4.79 Å². The van der Waals surface area contributed by atoms with Crippen molar-refractivity contribution < 1.29 is 14.3 Å². The average molecular weight is 479 g/mol. The third kappa shape index (κ3) is 8.72. The molecule has 0 unspecified atom stereocenters. The Morgan fingerprint density at radius 3 is 2.35 bits per heavy atom. The molecular weight excluding hydrogens is 436 g/mol. The number of ether oxygens (including phenoxy) is 2. The van der Waals surface area contributed by atoms with E-state index >= 15 is 0 Å². The highest BCUT2D eigenvalue weighted by atomic mass is 16.5. The van der Waals surface area contributed by atoms with Crippen LogP contribution in [0.1, 0.15) is 64.7 Å². The summed E-state index contributed by atoms with van der Waals surface area (Å²) in [4.78, 5) is 37.0. The highest BCUT2D eigenvalue weighted by Gasteiger charge is 2.18. The van der Waals surface area contributed by atoms with Gasteiger partial charge in [-0.25, -0.2) is 4.79 Å². The lowest BCUT2D eigenvalue weighted by Gasteiger charge is -2.29. The number of aromatic nitrogens is 4. The van der Waals surface area contributed by atoms with Gasteiger partial charge in [-0.15, -0.1) is 0 Å². The number of likely N-dealkylation sites (tertiary alicyclic amines) is 1. The number of rotatable bonds is 13. The number of nitrogens with one attached hydrogen (secondary N) is 1. The maximum Gasteiger partial charge on any atom is 0.327 e. The Bertz CT molecular complexity index is 905. The van der Waals surface area contributed by atoms with Crippen LogP contribution in [0.4, 0.5) is 5.82 Å². The number of aldehydes is 1. The second-order valence-corrected chi connectivity index (χ2v) is 8.87. The number of nitrogens with zero attached hydrogens (tertiary/aromatic N) is 4. The fourth-order valence-electron chi connectivity index (χ4n) is 4.06. The van der Waals surface area contributed by atoms with E-state index in [9.17, 15) is 9.59 Å². The van der Waals surface area contributed by atoms with E-state index in [2.05, 4.69) is 31.5 Å². The number of aryl methyl sites for hydroxylation is 1. The number of imidazole rings is 1. The summed E-state index contributed by atoms with van der Waals surface area (Å²) >= 11 is 0. The van der Waals surface area contributed by atoms with Crippen LogP contribution in [0.25, 0.3) is 11.2 Å². The number of H-pyrrole nitrogens is 1. The minimum atomic E-state index is -0.208. The summed E-state index contributed by atoms with van der Waals surface area (Å²) in [5, 5.41) is 0. The standard InChI is InChI=1S/C22H36N6O3.C2H6O/c1-2-3-15-31-21-25-19(23)18-20(26-21)28(22(30)24-18)12-8-6-4-5-7-11-27-13-9-17(16-29)10-14-27;1-3-2/h16-17H,2-15H2,1H3,(H,24,30)(H2,23,25,26);1-2H3. The van der Waals surface area contributed by atoms with Crippen molar-refractivity contribution in [3.05, 3.63) is 10.5 Å². The van der Waals surface area contributed by atoms with E-state index in [1.54, 1.807) is 18.8 Å². The first-order valence-electron chi connectivity index (χ1n) is 12.5. The molecule has 0 aliphatic carbocycles. The van der Waals surface area contributed by atoms with Crippen LogP contribution in [-0.4, -0.2) is 71.2 Å². The largest absolute Gasteiger partial charge is 0.463 e. The van der Waals surface area contributed by atoms with Gasteiger partial charge in [0, 0.05) is 26.7 Å². The Labute approximate surface area is 202 Å². The van der Waals surface area contributed by atoms with Gasteiger partial charge in [-0.05, 0) is 51.7 Å². The van der Waals surface area contributed by atoms with Crippen LogP contribution in [-0.2, 0) is 16.1 Å². The summed E-state index contributed by atoms with van der Waals surface area (Å²) in [6, 6.07) is 0.225. The molecule has 0 atom stereocenters. The molecule has 34 heavy (non-hydrogen) atoms. The first-order chi connectivity index (χ1) is 16.5. The van der Waals surface area contributed by atoms with Crippen molar-refractivity contribution in [2.75, 3.05) is 46.2 Å². The van der Waals surface area contributed by atoms with Crippen molar-refractivity contribution in [3.63, 3.8) is 0 Å². The van der Waals surface area contributed by atoms with E-state index in [0.717, 1.165) is 70.9 Å². The predicted molar refractivity (Wildman–Crippen MR) is 134 cm³/mol. The van der Waals surface area contributed by atoms with Crippen molar-refractivity contribution in [3.8, 4) is 6.01 Å². The van der Waals surface area contributed by atoms with Gasteiger partial charge in [0.15, 0.2) is 11.5 Å². The maximum atomic E-state index is 12.4. The lowest BCUT2D eigenvalue weighted by Crippen LogP contribution is -2.34. The molecule has 2 aromatic heterocycles. The molecule has 0 spiro atoms. The topological polar surface area (TPSA) is 128 Å². The molecular formula is C24H42N6O4. The van der Waals surface area contributed by atoms with Crippen molar-refractivity contribution in [2.45, 2.75) is 71.3 Å². The second-order valence-electron chi connectivity index (χ2n) is 8.87. The lowest BCUT2D eigenvalue weighted by atomic mass is 9.98. The Morgan fingerprint density at radius 2 is 1.71 bits per heavy atom. The summed E-state index contributed by atoms with van der Waals surface area (Å²) in [7, 11) is 3.25. The molecule has 1 saturated heterocycles. The van der Waals surface area contributed by atoms with Crippen molar-refractivity contribution in [1.29, 1.82) is 0 Å². The molecule has 1 aliphatic rings. The molecule has 0 amide bonds. The zero-order valence-corrected chi connectivity index (χ0v) is 21.1. The van der Waals surface area contributed by atoms with Crippen LogP contribution in [0.5, 0.6) is 6.01 Å². The number of methoxy groups -OCH3 is 1. The number of carbonyl (C=O) groups is 1. The molecule has 1 fully saturated rings. The molecule has 0 bridgehead atoms. The fraction of sp³-hybridized carbons (Fsp3) is 0.750. The number of nitrogen functional groups attached to an aromatic ring is 1. The molecule has 3 heterocycles. The number of nitrogens with two attached hydrogens (primary N) is 1. The molecule has 0 aromatic carbocycles. The number of aromatic amines is 1. The minimum Gasteiger partial charge on any atom is -0.463 e. The number of carbonyl (C=O) groups excluding carboxylic acids is 1. The first kappa shape index (κ1) is 27.8. The van der Waals surface area contributed by atoms with Gasteiger partial charge in [-0.2, -0.15) is 9.97 Å². The Balaban J connectivity index is 0.00000129. The van der Waals surface area contributed by atoms with E-state index < -0.39 is 0 Å². The van der Waals surface area contributed by atoms with Crippen molar-refractivity contribution in [1.82, 2.24) is 24.4 Å². The van der Waals surface area contributed by atoms with E-state index in [1.165, 1.54) is 12.8 Å². The number of unbranched alkanes of at least 4 members (excludes halogenated alkanes) is 5. The third-order valence-corrected chi connectivity index (χ3v) is 6.04. The number of hydrogen-bond donors (Lipinski definition) is 2. The molecule has 3 N–H and O–H groups in total. The van der Waals surface area contributed by atoms with E-state index in [-0.39, 0.29) is 23.4 Å². The maximum absolute atomic E-state index is 12.4. The van der Waals surface area contributed by atoms with Crippen LogP contribution < -0.4 is 16.2 Å². The zero-order chi connectivity index (χ0) is 24.8. The Kier molecular flexibility index (Phi) is 12.6. The van der Waals surface area contributed by atoms with Gasteiger partial charge < -0.3 is 29.9 Å². The summed E-state index contributed by atoms with van der Waals surface area (Å²) in [5.74, 6) is 0.508. The highest BCUT2D eigenvalue weighted by Crippen LogP contribution is 2.19. The number of piperidine rings is 1. The third-order valence-electron chi connectivity index (χ3n) is 6.04. The normalized spacial score (nSPS) is 14.7. The summed E-state index contributed by atoms with van der Waals surface area (Å²) in [5.41, 5.74) is 6.78. The number of hydrogen-bond acceptors (Lipinski definition) is 8. The molecule has 1 aliphatic heterocycles. The highest BCUT2D eigenvalue weighted by molar-refractivity contribution is 5.81. The Morgan fingerprint density at radius 1 is 1.06 bits per heavy atom. The van der Waals surface area contributed by atoms with Gasteiger partial charge in [-0.3, -0.25) is 4.57 Å². The molecule has 3 rings (SSSR count). The molecule has 192 valence electrons. The van der Waals surface area contributed by atoms with Crippen LogP contribution in [0, 0.1) is 5.92 Å². The summed E-state index contributed by atoms with van der Waals surface area (Å²) in [6.07, 6.45) is 10.5. The lowest BCUT2D eigenvalue weighted by molar-refractivity contribution is -0.112. The fourth-order valence-corrected chi connectivity index (χ4v) is 4.06. The quantitative estimate of drug-likeness (QED) is 0.332. The molecule has 10 nitrogen and oxygen atoms in total. The summed E-state index contributed by atoms with van der Waals surface area (Å²) in [6.45, 7) is 6.42. The summed E-state index contributed by atoms with van der Waals surface area (Å²) < 4.78 is 11.5. The minimum absolute atomic E-state index is 0.208. The van der Waals surface area contributed by atoms with Gasteiger partial charge in [0.25, 0.3) is 0 Å². The van der Waals surface area contributed by atoms with Crippen LogP contribution >= 0.6 is 0 Å². The molecule has 10 heteroatoms. The molecule has 0 radical (unpaired) electrons. The molecule has 2 aromatic rings. The van der Waals surface area contributed by atoms with Crippen molar-refractivity contribution in [2.24, 2.45) is 5.92 Å². The average Bonchev–Trinajstić information content (AvgIpc) is 3.15. The zero-order valence-electron chi connectivity index (χ0n) is 21.1. The van der Waals surface area contributed by atoms with Gasteiger partial charge in [0.2, 0.25) is 0 Å². The smallest absolute Gasteiger partial charge is 0.327 e. The predicted octanol–water partition coefficient (Wildman–Crippen LogP) is 3.00. The van der Waals surface area contributed by atoms with E-state index in [1.807, 2.05) is 0 Å². The Hall–Kier alpha value is -2.46. The SMILES string of the molecule is CCCCOc1nc(N)c2[nH]c(=O)n(CCCCCCCN3CCC(C=O)CC3)c2n1.COC. The number of anilines is 1. The van der Waals surface area contributed by atoms with Crippen molar-refractivity contribution >= 4 is 23.3 Å². The van der Waals surface area contributed by atoms with Gasteiger partial charge in [0.1, 0.15) is 11.8 Å². The van der Waals surface area contributed by atoms with Gasteiger partial charge in [0.05, 0.1) is 6.61 Å². The van der Waals surface area contributed by atoms with Gasteiger partial charge >= 0.3 is 11.7 Å². The van der Waals surface area contributed by atoms with Crippen LogP contribution in [0.3, 0.4) is 0 Å². The second kappa shape index (κ2) is 15.4. The molecule has 0 saturated carbocycles. The van der Waals surface area contributed by atoms with E-state index in [0.29, 0.717) is 24.3 Å². The van der Waals surface area contributed by atoms with Crippen LogP contribution in [0.2, 0.25) is 0 Å². The first-order valence-corrected chi connectivity index (χ1v) is 12.5. The number of fused-ring (bicyclic) bond motifs is 1. The monoisotopic (exact) mass is 478 g/mol.